The molecule has 0 bridgehead atoms. The van der Waals surface area contributed by atoms with E-state index in [0.29, 0.717) is 17.1 Å². The molecule has 0 saturated carbocycles. The largest absolute Gasteiger partial charge is 0.486 e. The summed E-state index contributed by atoms with van der Waals surface area (Å²) in [5.74, 6) is 0.533. The lowest BCUT2D eigenvalue weighted by Crippen LogP contribution is -2.16. The summed E-state index contributed by atoms with van der Waals surface area (Å²) >= 11 is 1.51. The highest BCUT2D eigenvalue weighted by Crippen LogP contribution is 2.31. The summed E-state index contributed by atoms with van der Waals surface area (Å²) < 4.78 is 49.0. The number of furan rings is 1. The second-order valence-electron chi connectivity index (χ2n) is 5.97. The first-order chi connectivity index (χ1) is 13.8. The van der Waals surface area contributed by atoms with Gasteiger partial charge in [0.15, 0.2) is 0 Å². The van der Waals surface area contributed by atoms with Crippen molar-refractivity contribution in [3.8, 4) is 5.75 Å². The zero-order valence-corrected chi connectivity index (χ0v) is 16.1. The zero-order chi connectivity index (χ0) is 20.9. The molecule has 0 aliphatic rings. The molecule has 1 N–H and O–H groups in total. The van der Waals surface area contributed by atoms with Gasteiger partial charge in [0, 0.05) is 10.3 Å². The predicted molar refractivity (Wildman–Crippen MR) is 103 cm³/mol. The van der Waals surface area contributed by atoms with E-state index in [1.165, 1.54) is 29.7 Å². The molecule has 1 aromatic carbocycles. The number of nitrogens with zero attached hydrogens (tertiary/aromatic N) is 1. The van der Waals surface area contributed by atoms with E-state index in [9.17, 15) is 18.0 Å². The summed E-state index contributed by atoms with van der Waals surface area (Å²) in [4.78, 5) is 13.1. The lowest BCUT2D eigenvalue weighted by Gasteiger charge is -2.09. The van der Waals surface area contributed by atoms with Crippen molar-refractivity contribution in [3.63, 3.8) is 0 Å². The van der Waals surface area contributed by atoms with Gasteiger partial charge in [-0.25, -0.2) is 5.43 Å². The number of benzene rings is 1. The monoisotopic (exact) mass is 422 g/mol. The molecule has 0 aliphatic heterocycles. The second kappa shape index (κ2) is 8.95. The molecule has 9 heteroatoms. The van der Waals surface area contributed by atoms with Gasteiger partial charge < -0.3 is 9.15 Å². The minimum Gasteiger partial charge on any atom is -0.486 e. The maximum atomic E-state index is 12.7. The molecule has 2 aromatic heterocycles. The molecule has 0 radical (unpaired) electrons. The van der Waals surface area contributed by atoms with Crippen LogP contribution in [0.15, 0.2) is 57.4 Å². The first kappa shape index (κ1) is 20.7. The topological polar surface area (TPSA) is 63.8 Å². The zero-order valence-electron chi connectivity index (χ0n) is 15.3. The van der Waals surface area contributed by atoms with Gasteiger partial charge in [-0.1, -0.05) is 13.0 Å². The smallest absolute Gasteiger partial charge is 0.416 e. The molecule has 2 heterocycles. The van der Waals surface area contributed by atoms with E-state index in [2.05, 4.69) is 10.5 Å². The summed E-state index contributed by atoms with van der Waals surface area (Å²) in [5, 5.41) is 5.61. The third-order valence-electron chi connectivity index (χ3n) is 3.85. The van der Waals surface area contributed by atoms with Crippen LogP contribution in [0.3, 0.4) is 0 Å². The van der Waals surface area contributed by atoms with E-state index in [4.69, 9.17) is 9.15 Å². The highest BCUT2D eigenvalue weighted by molar-refractivity contribution is 7.10. The molecule has 3 rings (SSSR count). The first-order valence-corrected chi connectivity index (χ1v) is 9.52. The molecule has 0 aliphatic carbocycles. The minimum atomic E-state index is -4.43. The van der Waals surface area contributed by atoms with E-state index in [1.807, 2.05) is 13.0 Å². The second-order valence-corrected chi connectivity index (χ2v) is 6.97. The van der Waals surface area contributed by atoms with Gasteiger partial charge in [-0.2, -0.15) is 18.3 Å². The Morgan fingerprint density at radius 3 is 2.83 bits per heavy atom. The summed E-state index contributed by atoms with van der Waals surface area (Å²) in [6.07, 6.45) is -2.24. The molecular formula is C20H17F3N2O3S. The molecule has 0 unspecified atom stereocenters. The predicted octanol–water partition coefficient (Wildman–Crippen LogP) is 5.27. The van der Waals surface area contributed by atoms with Crippen molar-refractivity contribution in [1.82, 2.24) is 5.43 Å². The third kappa shape index (κ3) is 5.71. The quantitative estimate of drug-likeness (QED) is 0.417. The molecule has 152 valence electrons. The van der Waals surface area contributed by atoms with Gasteiger partial charge in [-0.3, -0.25) is 4.79 Å². The van der Waals surface area contributed by atoms with Crippen LogP contribution in [0.1, 0.15) is 39.2 Å². The number of carbonyl (C=O) groups excluding carboxylic acids is 1. The maximum absolute atomic E-state index is 12.7. The standard InChI is InChI=1S/C20H17F3N2O3S/c1-2-18-8-13(12-29-18)19(26)25-24-10-16-6-7-17(28-16)11-27-15-5-3-4-14(9-15)20(21,22)23/h3-10,12H,2,11H2,1H3,(H,25,26). The number of nitrogens with one attached hydrogen (secondary N) is 1. The van der Waals surface area contributed by atoms with Crippen LogP contribution in [0.25, 0.3) is 0 Å². The summed E-state index contributed by atoms with van der Waals surface area (Å²) in [5.41, 5.74) is 2.17. The summed E-state index contributed by atoms with van der Waals surface area (Å²) in [6.45, 7) is 1.97. The summed E-state index contributed by atoms with van der Waals surface area (Å²) in [6, 6.07) is 9.65. The van der Waals surface area contributed by atoms with Gasteiger partial charge in [0.25, 0.3) is 5.91 Å². The number of carbonyl (C=O) groups is 1. The number of amides is 1. The Morgan fingerprint density at radius 1 is 1.28 bits per heavy atom. The fourth-order valence-electron chi connectivity index (χ4n) is 2.36. The van der Waals surface area contributed by atoms with Gasteiger partial charge in [0.05, 0.1) is 17.3 Å². The maximum Gasteiger partial charge on any atom is 0.416 e. The molecule has 0 fully saturated rings. The van der Waals surface area contributed by atoms with E-state index in [0.717, 1.165) is 23.4 Å². The molecular weight excluding hydrogens is 405 g/mol. The van der Waals surface area contributed by atoms with Gasteiger partial charge in [0.2, 0.25) is 0 Å². The number of ether oxygens (including phenoxy) is 1. The van der Waals surface area contributed by atoms with Crippen LogP contribution in [-0.4, -0.2) is 12.1 Å². The van der Waals surface area contributed by atoms with E-state index >= 15 is 0 Å². The molecule has 0 atom stereocenters. The molecule has 0 saturated heterocycles. The Morgan fingerprint density at radius 2 is 2.10 bits per heavy atom. The van der Waals surface area contributed by atoms with Crippen molar-refractivity contribution in [1.29, 1.82) is 0 Å². The van der Waals surface area contributed by atoms with E-state index in [-0.39, 0.29) is 18.3 Å². The Bertz CT molecular complexity index is 1010. The Hall–Kier alpha value is -3.07. The fourth-order valence-corrected chi connectivity index (χ4v) is 3.18. The Kier molecular flexibility index (Phi) is 6.38. The number of aryl methyl sites for hydroxylation is 1. The Labute approximate surface area is 168 Å². The molecule has 0 spiro atoms. The number of thiophene rings is 1. The lowest BCUT2D eigenvalue weighted by atomic mass is 10.2. The van der Waals surface area contributed by atoms with Crippen molar-refractivity contribution < 1.29 is 27.1 Å². The van der Waals surface area contributed by atoms with Crippen LogP contribution in [0.2, 0.25) is 0 Å². The van der Waals surface area contributed by atoms with Crippen molar-refractivity contribution in [2.45, 2.75) is 26.1 Å². The SMILES string of the molecule is CCc1cc(C(=O)NN=Cc2ccc(COc3cccc(C(F)(F)F)c3)o2)cs1. The highest BCUT2D eigenvalue weighted by atomic mass is 32.1. The minimum absolute atomic E-state index is 0.0454. The number of halogens is 3. The van der Waals surface area contributed by atoms with Gasteiger partial charge in [0.1, 0.15) is 23.9 Å². The number of rotatable bonds is 7. The third-order valence-corrected chi connectivity index (χ3v) is 4.93. The Balaban J connectivity index is 1.53. The first-order valence-electron chi connectivity index (χ1n) is 8.64. The van der Waals surface area contributed by atoms with Crippen LogP contribution < -0.4 is 10.2 Å². The van der Waals surface area contributed by atoms with Crippen molar-refractivity contribution in [3.05, 3.63) is 75.4 Å². The average molecular weight is 422 g/mol. The lowest BCUT2D eigenvalue weighted by molar-refractivity contribution is -0.137. The number of hydrogen-bond acceptors (Lipinski definition) is 5. The number of hydrogen-bond donors (Lipinski definition) is 1. The van der Waals surface area contributed by atoms with Crippen LogP contribution in [0.5, 0.6) is 5.75 Å². The van der Waals surface area contributed by atoms with Crippen molar-refractivity contribution in [2.24, 2.45) is 5.10 Å². The van der Waals surface area contributed by atoms with Crippen LogP contribution in [0.4, 0.5) is 13.2 Å². The van der Waals surface area contributed by atoms with Crippen LogP contribution in [0, 0.1) is 0 Å². The van der Waals surface area contributed by atoms with Gasteiger partial charge in [-0.05, 0) is 42.8 Å². The van der Waals surface area contributed by atoms with Crippen LogP contribution >= 0.6 is 11.3 Å². The molecule has 5 nitrogen and oxygen atoms in total. The number of hydrazone groups is 1. The van der Waals surface area contributed by atoms with Gasteiger partial charge in [-0.15, -0.1) is 11.3 Å². The molecule has 3 aromatic rings. The van der Waals surface area contributed by atoms with Crippen molar-refractivity contribution in [2.75, 3.05) is 0 Å². The molecule has 1 amide bonds. The van der Waals surface area contributed by atoms with Crippen molar-refractivity contribution >= 4 is 23.5 Å². The average Bonchev–Trinajstić information content (AvgIpc) is 3.35. The number of alkyl halides is 3. The summed E-state index contributed by atoms with van der Waals surface area (Å²) in [7, 11) is 0. The normalized spacial score (nSPS) is 11.7. The van der Waals surface area contributed by atoms with E-state index < -0.39 is 11.7 Å². The van der Waals surface area contributed by atoms with Crippen LogP contribution in [-0.2, 0) is 19.2 Å². The van der Waals surface area contributed by atoms with E-state index in [1.54, 1.807) is 17.5 Å². The molecule has 29 heavy (non-hydrogen) atoms. The highest BCUT2D eigenvalue weighted by Gasteiger charge is 2.30. The van der Waals surface area contributed by atoms with Gasteiger partial charge >= 0.3 is 6.18 Å². The fraction of sp³-hybridized carbons (Fsp3) is 0.200.